The summed E-state index contributed by atoms with van der Waals surface area (Å²) in [7, 11) is 0. The molecule has 7 amide bonds. The van der Waals surface area contributed by atoms with Crippen LogP contribution < -0.4 is 67.1 Å². The highest BCUT2D eigenvalue weighted by Crippen LogP contribution is 2.26. The van der Waals surface area contributed by atoms with Gasteiger partial charge in [0, 0.05) is 19.3 Å². The number of carbonyl (C=O) groups is 8. The fourth-order valence-electron chi connectivity index (χ4n) is 12.1. The minimum absolute atomic E-state index is 0.217. The van der Waals surface area contributed by atoms with Gasteiger partial charge in [0.25, 0.3) is 0 Å². The molecular weight excluding hydrogens is 1450 g/mol. The average molecular weight is 1560 g/mol. The zero-order valence-electron chi connectivity index (χ0n) is 67.7. The van der Waals surface area contributed by atoms with Crippen LogP contribution >= 0.6 is 0 Å². The summed E-state index contributed by atoms with van der Waals surface area (Å²) < 4.78 is 0. The minimum atomic E-state index is -1.11. The minimum Gasteiger partial charge on any atom is -0.368 e. The summed E-state index contributed by atoms with van der Waals surface area (Å²) in [6.07, 6.45) is 2.25. The summed E-state index contributed by atoms with van der Waals surface area (Å²) in [5.74, 6) is -3.47. The van der Waals surface area contributed by atoms with E-state index >= 15 is 0 Å². The lowest BCUT2D eigenvalue weighted by atomic mass is 9.89. The lowest BCUT2D eigenvalue weighted by Crippen LogP contribution is -2.57. The highest BCUT2D eigenvalue weighted by Gasteiger charge is 2.38. The largest absolute Gasteiger partial charge is 0.368 e. The quantitative estimate of drug-likeness (QED) is 0.0199. The Balaban J connectivity index is 0.000000254. The standard InChI is InChI=1S/2C19H23N3O2.2C19H21N3O.C10H12O.C8H10N2O/c2*1-13-8-10-14(11-9-13)12-19(2,18(21)24)22-16(17(20)23)15-6-4-3-5-7-15;2*1-14-8-10-15(11-9-14)12-19(2,13-20)22-17(18(21)23)16-6-4-3-5-7-16;1-8-3-5-10(6-4-8)7-9(2)11;9-7(8(10)11)6-4-2-1-3-5-6/h2*3-11,16,22H,12H2,1-2H3,(H2,20,23)(H2,21,24);2*3-11,17,22H,12H2,1-2H3,(H2,21,23);3-6H,7H2,1-2H3;1-5,7H,9H2,(H2,10,11)/t2*16-,19+;2*17-,19+;;7-/m0000.0/s1. The van der Waals surface area contributed by atoms with Gasteiger partial charge in [-0.2, -0.15) is 10.5 Å². The van der Waals surface area contributed by atoms with E-state index in [0.29, 0.717) is 43.2 Å². The lowest BCUT2D eigenvalue weighted by molar-refractivity contribution is -0.127. The van der Waals surface area contributed by atoms with Gasteiger partial charge in [-0.1, -0.05) is 301 Å². The van der Waals surface area contributed by atoms with Crippen LogP contribution in [0, 0.1) is 57.3 Å². The van der Waals surface area contributed by atoms with Crippen molar-refractivity contribution in [3.05, 3.63) is 356 Å². The van der Waals surface area contributed by atoms with Gasteiger partial charge in [-0.15, -0.1) is 0 Å². The van der Waals surface area contributed by atoms with E-state index in [-0.39, 0.29) is 5.78 Å². The number of rotatable bonds is 30. The van der Waals surface area contributed by atoms with Crippen LogP contribution in [-0.2, 0) is 70.5 Å². The number of nitriles is 2. The Labute approximate surface area is 681 Å². The van der Waals surface area contributed by atoms with E-state index in [4.69, 9.17) is 45.9 Å². The van der Waals surface area contributed by atoms with Crippen LogP contribution in [-0.4, -0.2) is 69.3 Å². The number of amides is 7. The number of nitrogens with one attached hydrogen (secondary N) is 4. The molecule has 0 aromatic heterocycles. The van der Waals surface area contributed by atoms with Crippen molar-refractivity contribution >= 4 is 47.1 Å². The third kappa shape index (κ3) is 31.5. The van der Waals surface area contributed by atoms with Crippen molar-refractivity contribution in [2.75, 3.05) is 0 Å². The van der Waals surface area contributed by atoms with Crippen molar-refractivity contribution < 1.29 is 38.4 Å². The molecular formula is C94H110N14O8. The highest BCUT2D eigenvalue weighted by molar-refractivity contribution is 5.89. The maximum absolute atomic E-state index is 12.1. The third-order valence-electron chi connectivity index (χ3n) is 18.9. The maximum Gasteiger partial charge on any atom is 0.239 e. The molecule has 0 fully saturated rings. The van der Waals surface area contributed by atoms with Crippen LogP contribution in [0.15, 0.2) is 273 Å². The highest BCUT2D eigenvalue weighted by atomic mass is 16.2. The Morgan fingerprint density at radius 2 is 0.509 bits per heavy atom. The first-order valence-electron chi connectivity index (χ1n) is 37.7. The molecule has 22 heteroatoms. The molecule has 0 aliphatic carbocycles. The smallest absolute Gasteiger partial charge is 0.239 e. The fraction of sp³-hybridized carbons (Fsp3) is 0.255. The number of nitrogens with two attached hydrogens (primary N) is 8. The Hall–Kier alpha value is -13.1. The molecule has 116 heavy (non-hydrogen) atoms. The van der Waals surface area contributed by atoms with E-state index in [0.717, 1.165) is 55.6 Å². The number of ketones is 1. The lowest BCUT2D eigenvalue weighted by Gasteiger charge is -2.31. The maximum atomic E-state index is 12.1. The summed E-state index contributed by atoms with van der Waals surface area (Å²) in [5, 5.41) is 31.6. The number of aryl methyl sites for hydroxylation is 5. The molecule has 10 aromatic rings. The average Bonchev–Trinajstić information content (AvgIpc) is 0.799. The molecule has 10 rings (SSSR count). The summed E-state index contributed by atoms with van der Waals surface area (Å²) in [6, 6.07) is 86.2. The second-order valence-electron chi connectivity index (χ2n) is 29.6. The monoisotopic (exact) mass is 1560 g/mol. The first-order valence-corrected chi connectivity index (χ1v) is 37.7. The molecule has 0 aliphatic heterocycles. The number of carbonyl (C=O) groups excluding carboxylic acids is 8. The van der Waals surface area contributed by atoms with Gasteiger partial charge in [-0.3, -0.25) is 59.6 Å². The Bertz CT molecular complexity index is 4630. The van der Waals surface area contributed by atoms with Gasteiger partial charge in [0.15, 0.2) is 0 Å². The molecule has 10 aromatic carbocycles. The van der Waals surface area contributed by atoms with E-state index in [1.807, 2.05) is 271 Å². The summed E-state index contributed by atoms with van der Waals surface area (Å²) in [5.41, 5.74) is 54.4. The number of nitrogens with zero attached hydrogens (tertiary/aromatic N) is 2. The normalized spacial score (nSPS) is 13.9. The molecule has 22 nitrogen and oxygen atoms in total. The molecule has 20 N–H and O–H groups in total. The molecule has 0 saturated carbocycles. The number of benzene rings is 10. The molecule has 0 radical (unpaired) electrons. The van der Waals surface area contributed by atoms with Crippen molar-refractivity contribution in [3.8, 4) is 12.1 Å². The second-order valence-corrected chi connectivity index (χ2v) is 29.6. The molecule has 0 unspecified atom stereocenters. The first-order chi connectivity index (χ1) is 54.9. The van der Waals surface area contributed by atoms with Gasteiger partial charge in [-0.25, -0.2) is 0 Å². The van der Waals surface area contributed by atoms with Crippen LogP contribution in [0.1, 0.15) is 148 Å². The first kappa shape index (κ1) is 93.5. The van der Waals surface area contributed by atoms with Gasteiger partial charge >= 0.3 is 0 Å². The van der Waals surface area contributed by atoms with Crippen molar-refractivity contribution in [1.29, 1.82) is 10.5 Å². The number of hydrogen-bond acceptors (Lipinski definition) is 15. The summed E-state index contributed by atoms with van der Waals surface area (Å²) in [4.78, 5) is 93.0. The van der Waals surface area contributed by atoms with Crippen LogP contribution in [0.3, 0.4) is 0 Å². The fourth-order valence-corrected chi connectivity index (χ4v) is 12.1. The number of primary amides is 7. The molecule has 0 aliphatic rings. The number of Topliss-reactive ketones (excluding diaryl/α,β-unsaturated/α-hetero) is 1. The van der Waals surface area contributed by atoms with Crippen LogP contribution in [0.5, 0.6) is 0 Å². The molecule has 0 spiro atoms. The molecule has 0 heterocycles. The van der Waals surface area contributed by atoms with Gasteiger partial charge in [-0.05, 0) is 138 Å². The zero-order valence-corrected chi connectivity index (χ0v) is 67.7. The second kappa shape index (κ2) is 45.6. The van der Waals surface area contributed by atoms with Crippen molar-refractivity contribution in [3.63, 3.8) is 0 Å². The molecule has 604 valence electrons. The van der Waals surface area contributed by atoms with E-state index in [9.17, 15) is 48.9 Å². The van der Waals surface area contributed by atoms with Crippen LogP contribution in [0.4, 0.5) is 0 Å². The van der Waals surface area contributed by atoms with Gasteiger partial charge < -0.3 is 45.9 Å². The predicted octanol–water partition coefficient (Wildman–Crippen LogP) is 10.8. The van der Waals surface area contributed by atoms with E-state index in [1.165, 1.54) is 16.7 Å². The SMILES string of the molecule is CC(=O)Cc1ccc(C)cc1.Cc1ccc(C[C@@](C)(N[C@H](C(N)=O)c2ccccc2)C(N)=O)cc1.Cc1ccc(C[C@@](C)(N[C@H](C(N)=O)c2ccccc2)C(N)=O)cc1.Cc1ccc(C[C@](C)(C#N)N[C@H](C(N)=O)c2ccccc2)cc1.Cc1ccc(C[C@](C)(C#N)N[C@H](C(N)=O)c2ccccc2)cc1.NC(=O)[C@@H](N)c1ccccc1. The van der Waals surface area contributed by atoms with Gasteiger partial charge in [0.2, 0.25) is 41.4 Å². The Morgan fingerprint density at radius 3 is 0.707 bits per heavy atom. The molecule has 0 bridgehead atoms. The Morgan fingerprint density at radius 1 is 0.302 bits per heavy atom. The van der Waals surface area contributed by atoms with Crippen LogP contribution in [0.25, 0.3) is 0 Å². The predicted molar refractivity (Wildman–Crippen MR) is 457 cm³/mol. The van der Waals surface area contributed by atoms with Crippen molar-refractivity contribution in [2.45, 2.75) is 154 Å². The summed E-state index contributed by atoms with van der Waals surface area (Å²) in [6.45, 7) is 18.6. The summed E-state index contributed by atoms with van der Waals surface area (Å²) >= 11 is 0. The molecule has 9 atom stereocenters. The van der Waals surface area contributed by atoms with Crippen LogP contribution in [0.2, 0.25) is 0 Å². The zero-order chi connectivity index (χ0) is 85.8. The van der Waals surface area contributed by atoms with E-state index in [1.54, 1.807) is 71.0 Å². The van der Waals surface area contributed by atoms with Gasteiger partial charge in [0.05, 0.1) is 23.2 Å². The third-order valence-corrected chi connectivity index (χ3v) is 18.9. The Kier molecular flexibility index (Phi) is 36.8. The molecule has 0 saturated heterocycles. The van der Waals surface area contributed by atoms with Gasteiger partial charge in [0.1, 0.15) is 47.1 Å². The van der Waals surface area contributed by atoms with Crippen molar-refractivity contribution in [2.24, 2.45) is 45.9 Å². The topological polar surface area (TPSA) is 440 Å². The van der Waals surface area contributed by atoms with E-state index < -0.39 is 93.7 Å². The van der Waals surface area contributed by atoms with Crippen molar-refractivity contribution in [1.82, 2.24) is 21.3 Å². The van der Waals surface area contributed by atoms with E-state index in [2.05, 4.69) is 33.4 Å². The number of hydrogen-bond donors (Lipinski definition) is 12.